The number of para-hydroxylation sites is 1. The van der Waals surface area contributed by atoms with Crippen LogP contribution < -0.4 is 0 Å². The van der Waals surface area contributed by atoms with Crippen molar-refractivity contribution >= 4 is 16.7 Å². The molecule has 0 radical (unpaired) electrons. The molecule has 2 nitrogen and oxygen atoms in total. The molecule has 0 amide bonds. The van der Waals surface area contributed by atoms with Crippen molar-refractivity contribution < 1.29 is 4.79 Å². The van der Waals surface area contributed by atoms with E-state index in [-0.39, 0.29) is 5.78 Å². The summed E-state index contributed by atoms with van der Waals surface area (Å²) in [6.07, 6.45) is 1.45. The molecule has 1 N–H and O–H groups in total. The summed E-state index contributed by atoms with van der Waals surface area (Å²) in [5.74, 6) is 0.246. The molecule has 2 aromatic rings. The largest absolute Gasteiger partial charge is 0.358 e. The monoisotopic (exact) mass is 201 g/mol. The van der Waals surface area contributed by atoms with E-state index < -0.39 is 0 Å². The number of aromatic amines is 1. The van der Waals surface area contributed by atoms with Gasteiger partial charge in [0.05, 0.1) is 0 Å². The van der Waals surface area contributed by atoms with Gasteiger partial charge in [0.2, 0.25) is 0 Å². The molecule has 15 heavy (non-hydrogen) atoms. The summed E-state index contributed by atoms with van der Waals surface area (Å²) in [7, 11) is 0. The second-order valence-corrected chi connectivity index (χ2v) is 4.04. The van der Waals surface area contributed by atoms with E-state index in [1.54, 1.807) is 6.92 Å². The Morgan fingerprint density at radius 1 is 1.40 bits per heavy atom. The van der Waals surface area contributed by atoms with Gasteiger partial charge in [0, 0.05) is 17.6 Å². The standard InChI is InChI=1S/C13H15NO/c1-9-8-12-5-3-4-11(13(12)14-9)7-6-10(2)15/h3-5,8,14H,6-7H2,1-2H3. The second-order valence-electron chi connectivity index (χ2n) is 4.04. The van der Waals surface area contributed by atoms with Crippen molar-refractivity contribution in [3.8, 4) is 0 Å². The number of hydrogen-bond donors (Lipinski definition) is 1. The number of hydrogen-bond acceptors (Lipinski definition) is 1. The lowest BCUT2D eigenvalue weighted by Gasteiger charge is -2.01. The number of rotatable bonds is 3. The normalized spacial score (nSPS) is 10.8. The molecule has 1 aromatic heterocycles. The molecule has 0 aliphatic rings. The number of aromatic nitrogens is 1. The Balaban J connectivity index is 2.37. The second kappa shape index (κ2) is 3.89. The summed E-state index contributed by atoms with van der Waals surface area (Å²) >= 11 is 0. The molecule has 78 valence electrons. The highest BCUT2D eigenvalue weighted by Gasteiger charge is 2.04. The minimum atomic E-state index is 0.246. The Morgan fingerprint density at radius 3 is 2.93 bits per heavy atom. The molecule has 0 aliphatic heterocycles. The van der Waals surface area contributed by atoms with Crippen LogP contribution in [0.1, 0.15) is 24.6 Å². The Labute approximate surface area is 89.3 Å². The molecule has 0 saturated carbocycles. The third-order valence-corrected chi connectivity index (χ3v) is 2.62. The van der Waals surface area contributed by atoms with Crippen molar-refractivity contribution in [2.45, 2.75) is 26.7 Å². The smallest absolute Gasteiger partial charge is 0.130 e. The number of fused-ring (bicyclic) bond motifs is 1. The predicted molar refractivity (Wildman–Crippen MR) is 62.0 cm³/mol. The Bertz CT molecular complexity index is 496. The number of ketones is 1. The van der Waals surface area contributed by atoms with Gasteiger partial charge < -0.3 is 9.78 Å². The topological polar surface area (TPSA) is 32.9 Å². The molecule has 1 heterocycles. The fraction of sp³-hybridized carbons (Fsp3) is 0.308. The molecule has 0 atom stereocenters. The van der Waals surface area contributed by atoms with E-state index in [1.807, 2.05) is 6.07 Å². The number of benzene rings is 1. The maximum atomic E-state index is 10.9. The number of Topliss-reactive ketones (excluding diaryl/α,β-unsaturated/α-hetero) is 1. The summed E-state index contributed by atoms with van der Waals surface area (Å²) in [5.41, 5.74) is 3.58. The van der Waals surface area contributed by atoms with Crippen LogP contribution in [-0.4, -0.2) is 10.8 Å². The van der Waals surface area contributed by atoms with Gasteiger partial charge in [0.25, 0.3) is 0 Å². The summed E-state index contributed by atoms with van der Waals surface area (Å²) in [5, 5.41) is 1.23. The molecular formula is C13H15NO. The van der Waals surface area contributed by atoms with Crippen molar-refractivity contribution in [2.75, 3.05) is 0 Å². The van der Waals surface area contributed by atoms with Gasteiger partial charge in [-0.1, -0.05) is 18.2 Å². The van der Waals surface area contributed by atoms with Crippen LogP contribution in [0.5, 0.6) is 0 Å². The quantitative estimate of drug-likeness (QED) is 0.813. The predicted octanol–water partition coefficient (Wildman–Crippen LogP) is 3.00. The van der Waals surface area contributed by atoms with Crippen LogP contribution in [0.4, 0.5) is 0 Å². The zero-order valence-corrected chi connectivity index (χ0v) is 9.13. The molecule has 0 spiro atoms. The minimum Gasteiger partial charge on any atom is -0.358 e. The van der Waals surface area contributed by atoms with E-state index in [4.69, 9.17) is 0 Å². The van der Waals surface area contributed by atoms with Crippen LogP contribution in [0.15, 0.2) is 24.3 Å². The van der Waals surface area contributed by atoms with Crippen LogP contribution in [-0.2, 0) is 11.2 Å². The lowest BCUT2D eigenvalue weighted by atomic mass is 10.1. The molecule has 2 heteroatoms. The summed E-state index contributed by atoms with van der Waals surface area (Å²) < 4.78 is 0. The Hall–Kier alpha value is -1.57. The summed E-state index contributed by atoms with van der Waals surface area (Å²) in [6.45, 7) is 3.69. The average molecular weight is 201 g/mol. The van der Waals surface area contributed by atoms with Gasteiger partial charge in [-0.15, -0.1) is 0 Å². The number of carbonyl (C=O) groups excluding carboxylic acids is 1. The van der Waals surface area contributed by atoms with Crippen molar-refractivity contribution in [3.05, 3.63) is 35.5 Å². The van der Waals surface area contributed by atoms with Gasteiger partial charge >= 0.3 is 0 Å². The van der Waals surface area contributed by atoms with E-state index >= 15 is 0 Å². The van der Waals surface area contributed by atoms with Crippen LogP contribution >= 0.6 is 0 Å². The fourth-order valence-corrected chi connectivity index (χ4v) is 1.88. The van der Waals surface area contributed by atoms with E-state index in [2.05, 4.69) is 30.1 Å². The van der Waals surface area contributed by atoms with Gasteiger partial charge in [0.15, 0.2) is 0 Å². The fourth-order valence-electron chi connectivity index (χ4n) is 1.88. The van der Waals surface area contributed by atoms with E-state index in [9.17, 15) is 4.79 Å². The van der Waals surface area contributed by atoms with Gasteiger partial charge in [-0.25, -0.2) is 0 Å². The van der Waals surface area contributed by atoms with E-state index in [0.717, 1.165) is 6.42 Å². The molecular weight excluding hydrogens is 186 g/mol. The van der Waals surface area contributed by atoms with Crippen LogP contribution in [0, 0.1) is 6.92 Å². The summed E-state index contributed by atoms with van der Waals surface area (Å²) in [6, 6.07) is 8.36. The van der Waals surface area contributed by atoms with Gasteiger partial charge in [-0.05, 0) is 37.3 Å². The van der Waals surface area contributed by atoms with E-state index in [1.165, 1.54) is 22.2 Å². The third kappa shape index (κ3) is 2.09. The van der Waals surface area contributed by atoms with Gasteiger partial charge in [-0.2, -0.15) is 0 Å². The van der Waals surface area contributed by atoms with Crippen molar-refractivity contribution in [1.29, 1.82) is 0 Å². The Kier molecular flexibility index (Phi) is 2.58. The zero-order valence-electron chi connectivity index (χ0n) is 9.13. The summed E-state index contributed by atoms with van der Waals surface area (Å²) in [4.78, 5) is 14.3. The first kappa shape index (κ1) is 9.97. The highest BCUT2D eigenvalue weighted by atomic mass is 16.1. The van der Waals surface area contributed by atoms with Crippen molar-refractivity contribution in [3.63, 3.8) is 0 Å². The molecule has 2 rings (SSSR count). The molecule has 0 bridgehead atoms. The number of H-pyrrole nitrogens is 1. The van der Waals surface area contributed by atoms with Gasteiger partial charge in [-0.3, -0.25) is 0 Å². The van der Waals surface area contributed by atoms with E-state index in [0.29, 0.717) is 6.42 Å². The Morgan fingerprint density at radius 2 is 2.20 bits per heavy atom. The zero-order chi connectivity index (χ0) is 10.8. The van der Waals surface area contributed by atoms with Crippen molar-refractivity contribution in [1.82, 2.24) is 4.98 Å². The average Bonchev–Trinajstić information content (AvgIpc) is 2.55. The first-order valence-electron chi connectivity index (χ1n) is 5.23. The van der Waals surface area contributed by atoms with Crippen LogP contribution in [0.2, 0.25) is 0 Å². The lowest BCUT2D eigenvalue weighted by molar-refractivity contribution is -0.116. The maximum Gasteiger partial charge on any atom is 0.130 e. The maximum absolute atomic E-state index is 10.9. The molecule has 1 aromatic carbocycles. The molecule has 0 fully saturated rings. The molecule has 0 saturated heterocycles. The number of carbonyl (C=O) groups is 1. The third-order valence-electron chi connectivity index (χ3n) is 2.62. The van der Waals surface area contributed by atoms with Crippen LogP contribution in [0.3, 0.4) is 0 Å². The van der Waals surface area contributed by atoms with Gasteiger partial charge in [0.1, 0.15) is 5.78 Å². The minimum absolute atomic E-state index is 0.246. The van der Waals surface area contributed by atoms with Crippen LogP contribution in [0.25, 0.3) is 10.9 Å². The highest BCUT2D eigenvalue weighted by molar-refractivity contribution is 5.84. The SMILES string of the molecule is CC(=O)CCc1cccc2cc(C)[nH]c12. The number of aryl methyl sites for hydroxylation is 2. The molecule has 0 aliphatic carbocycles. The lowest BCUT2D eigenvalue weighted by Crippen LogP contribution is -1.94. The first-order chi connectivity index (χ1) is 7.16. The first-order valence-corrected chi connectivity index (χ1v) is 5.23. The van der Waals surface area contributed by atoms with Crippen molar-refractivity contribution in [2.24, 2.45) is 0 Å². The highest BCUT2D eigenvalue weighted by Crippen LogP contribution is 2.20. The number of nitrogens with one attached hydrogen (secondary N) is 1. The molecule has 0 unspecified atom stereocenters.